The zero-order chi connectivity index (χ0) is 52.2. The quantitative estimate of drug-likeness (QED) is 0.0412. The van der Waals surface area contributed by atoms with E-state index in [9.17, 15) is 60.3 Å². The molecule has 0 unspecified atom stereocenters. The van der Waals surface area contributed by atoms with Gasteiger partial charge in [0.05, 0.1) is 75.5 Å². The Kier molecular flexibility index (Phi) is 18.9. The van der Waals surface area contributed by atoms with Crippen LogP contribution in [0.3, 0.4) is 0 Å². The minimum Gasteiger partial charge on any atom is -0.369 e. The topological polar surface area (TPSA) is 466 Å². The molecule has 0 bridgehead atoms. The van der Waals surface area contributed by atoms with Gasteiger partial charge in [0.15, 0.2) is 12.6 Å². The van der Waals surface area contributed by atoms with Crippen LogP contribution in [0.15, 0.2) is 18.6 Å². The molecule has 0 radical (unpaired) electrons. The number of hydrogen-bond donors (Lipinski definition) is 5. The Labute approximate surface area is 412 Å². The molecule has 71 heavy (non-hydrogen) atoms. The first-order valence-corrected chi connectivity index (χ1v) is 27.7. The van der Waals surface area contributed by atoms with Crippen LogP contribution in [0.1, 0.15) is 43.3 Å². The van der Waals surface area contributed by atoms with Gasteiger partial charge in [-0.2, -0.15) is 42.1 Å². The van der Waals surface area contributed by atoms with Gasteiger partial charge in [0.1, 0.15) is 53.7 Å². The summed E-state index contributed by atoms with van der Waals surface area (Å²) in [5, 5.41) is 22.1. The lowest BCUT2D eigenvalue weighted by Crippen LogP contribution is -2.55. The van der Waals surface area contributed by atoms with Gasteiger partial charge in [0.2, 0.25) is 5.79 Å². The third kappa shape index (κ3) is 17.9. The summed E-state index contributed by atoms with van der Waals surface area (Å²) >= 11 is 12.4. The van der Waals surface area contributed by atoms with E-state index in [0.29, 0.717) is 12.2 Å². The SMILES string of the molecule is CCn1cc(CO[C@@H]2C[C@@H](OS(=O)(=O)O)[C@H](OS(=O)(=O)O)[C@@H](Cn3cc(COCc4cn(C[C@@H]5C[C@H](OS(=O)(=O)O)[C@](CCl)(O[C@@H]6C[C@@H](OS(=O)(=O)O)[C@@H](Cl)[C@@H](COS(=O)(=O)O)O6)O5)nn4)nn3)O2)nn1. The lowest BCUT2D eigenvalue weighted by atomic mass is 10.0. The van der Waals surface area contributed by atoms with Gasteiger partial charge in [0.25, 0.3) is 0 Å². The van der Waals surface area contributed by atoms with Gasteiger partial charge in [-0.3, -0.25) is 27.4 Å². The predicted molar refractivity (Wildman–Crippen MR) is 222 cm³/mol. The van der Waals surface area contributed by atoms with Crippen molar-refractivity contribution < 1.29 is 114 Å². The molecule has 0 spiro atoms. The van der Waals surface area contributed by atoms with Crippen molar-refractivity contribution in [2.45, 2.75) is 132 Å². The molecule has 3 aromatic rings. The number of hydrogen-bond acceptors (Lipinski definition) is 27. The fourth-order valence-corrected chi connectivity index (χ4v) is 10.2. The van der Waals surface area contributed by atoms with E-state index in [1.54, 1.807) is 6.20 Å². The van der Waals surface area contributed by atoms with Crippen LogP contribution in [-0.2, 0) is 141 Å². The van der Waals surface area contributed by atoms with E-state index in [2.05, 4.69) is 39.3 Å². The van der Waals surface area contributed by atoms with Gasteiger partial charge >= 0.3 is 52.0 Å². The average molecular weight is 1160 g/mol. The van der Waals surface area contributed by atoms with Crippen molar-refractivity contribution in [2.24, 2.45) is 0 Å². The average Bonchev–Trinajstić information content (AvgIpc) is 4.05. The zero-order valence-corrected chi connectivity index (χ0v) is 41.5. The number of halogens is 2. The lowest BCUT2D eigenvalue weighted by Gasteiger charge is -2.41. The number of rotatable bonds is 26. The third-order valence-corrected chi connectivity index (χ3v) is 13.2. The molecule has 5 N–H and O–H groups in total. The monoisotopic (exact) mass is 1160 g/mol. The highest BCUT2D eigenvalue weighted by Gasteiger charge is 2.56. The molecule has 3 fully saturated rings. The van der Waals surface area contributed by atoms with E-state index in [1.165, 1.54) is 21.8 Å². The second-order valence-corrected chi connectivity index (χ2v) is 21.3. The zero-order valence-electron chi connectivity index (χ0n) is 35.9. The van der Waals surface area contributed by atoms with Crippen LogP contribution in [0.2, 0.25) is 0 Å². The standard InChI is InChI=1S/C29H43Cl2N9O26S5/c1-2-38-6-18(34-35-38)13-57-25-5-21(64-69(47,48)49)28(66-71(53,54)55)22(59-25)10-40-8-17(33-37-40)12-56-11-16-7-39(36-32-16)9-19-3-24(65-70(50,51)52)29(15-30,61-19)62-26-4-20(63-68(44,45)46)27(31)23(60-26)14-58-67(41,42)43/h6-8,19-28H,2-5,9-15H2,1H3,(H,41,42,43)(H,44,45,46)(H,47,48,49)(H,50,51,52)(H,53,54,55)/t19-,20+,21+,22+,23+,24-,25-,26+,27+,28-,29-/m0/s1. The highest BCUT2D eigenvalue weighted by atomic mass is 35.5. The summed E-state index contributed by atoms with van der Waals surface area (Å²) in [6.45, 7) is -0.0444. The maximum Gasteiger partial charge on any atom is 0.397 e. The van der Waals surface area contributed by atoms with Gasteiger partial charge < -0.3 is 28.4 Å². The molecule has 6 heterocycles. The number of nitrogens with zero attached hydrogens (tertiary/aromatic N) is 9. The molecule has 0 aromatic carbocycles. The normalized spacial score (nSPS) is 29.2. The van der Waals surface area contributed by atoms with Gasteiger partial charge in [-0.15, -0.1) is 38.5 Å². The minimum absolute atomic E-state index is 0.177. The Balaban J connectivity index is 1.08. The van der Waals surface area contributed by atoms with Crippen LogP contribution < -0.4 is 0 Å². The third-order valence-electron chi connectivity index (χ3n) is 9.90. The molecular weight excluding hydrogens is 1120 g/mol. The molecule has 3 aliphatic rings. The summed E-state index contributed by atoms with van der Waals surface area (Å²) in [6.07, 6.45) is -11.8. The summed E-state index contributed by atoms with van der Waals surface area (Å²) in [6, 6.07) is 0. The molecule has 404 valence electrons. The highest BCUT2D eigenvalue weighted by Crippen LogP contribution is 2.41. The summed E-state index contributed by atoms with van der Waals surface area (Å²) in [5.41, 5.74) is 0.740. The first kappa shape index (κ1) is 57.4. The Bertz CT molecular complexity index is 2840. The van der Waals surface area contributed by atoms with Crippen molar-refractivity contribution in [1.82, 2.24) is 45.0 Å². The molecule has 0 amide bonds. The van der Waals surface area contributed by atoms with Crippen molar-refractivity contribution in [2.75, 3.05) is 12.5 Å². The van der Waals surface area contributed by atoms with Gasteiger partial charge in [0, 0.05) is 25.8 Å². The number of ether oxygens (including phenoxy) is 6. The van der Waals surface area contributed by atoms with E-state index >= 15 is 0 Å². The molecule has 3 saturated heterocycles. The van der Waals surface area contributed by atoms with E-state index in [4.69, 9.17) is 68.7 Å². The van der Waals surface area contributed by atoms with Gasteiger partial charge in [-0.1, -0.05) is 15.6 Å². The number of aromatic nitrogens is 9. The summed E-state index contributed by atoms with van der Waals surface area (Å²) in [7, 11) is -26.1. The maximum absolute atomic E-state index is 11.9. The molecular formula is C29H43Cl2N9O26S5. The molecule has 3 aliphatic heterocycles. The first-order chi connectivity index (χ1) is 33.0. The van der Waals surface area contributed by atoms with E-state index < -0.39 is 157 Å². The fraction of sp³-hybridized carbons (Fsp3) is 0.793. The maximum atomic E-state index is 11.9. The van der Waals surface area contributed by atoms with Crippen LogP contribution in [-0.4, -0.2) is 189 Å². The first-order valence-electron chi connectivity index (χ1n) is 19.9. The summed E-state index contributed by atoms with van der Waals surface area (Å²) in [4.78, 5) is 0. The van der Waals surface area contributed by atoms with Crippen molar-refractivity contribution in [3.05, 3.63) is 35.7 Å². The van der Waals surface area contributed by atoms with Crippen molar-refractivity contribution in [3.8, 4) is 0 Å². The van der Waals surface area contributed by atoms with Crippen LogP contribution in [0, 0.1) is 0 Å². The molecule has 11 atom stereocenters. The summed E-state index contributed by atoms with van der Waals surface area (Å²) < 4.78 is 225. The van der Waals surface area contributed by atoms with E-state index in [1.807, 2.05) is 6.92 Å². The molecule has 42 heteroatoms. The number of aryl methyl sites for hydroxylation is 1. The Morgan fingerprint density at radius 2 is 1.18 bits per heavy atom. The van der Waals surface area contributed by atoms with Crippen molar-refractivity contribution in [3.63, 3.8) is 0 Å². The fourth-order valence-electron chi connectivity index (χ4n) is 7.20. The highest BCUT2D eigenvalue weighted by molar-refractivity contribution is 7.81. The molecule has 0 aliphatic carbocycles. The van der Waals surface area contributed by atoms with Gasteiger partial charge in [-0.05, 0) is 6.92 Å². The molecule has 35 nitrogen and oxygen atoms in total. The largest absolute Gasteiger partial charge is 0.397 e. The Hall–Kier alpha value is -2.89. The van der Waals surface area contributed by atoms with E-state index in [-0.39, 0.29) is 37.8 Å². The van der Waals surface area contributed by atoms with E-state index in [0.717, 1.165) is 4.68 Å². The Morgan fingerprint density at radius 1 is 0.662 bits per heavy atom. The van der Waals surface area contributed by atoms with Gasteiger partial charge in [-0.25, -0.2) is 30.3 Å². The lowest BCUT2D eigenvalue weighted by molar-refractivity contribution is -0.332. The van der Waals surface area contributed by atoms with Crippen molar-refractivity contribution >= 4 is 75.2 Å². The van der Waals surface area contributed by atoms with Crippen LogP contribution in [0.4, 0.5) is 0 Å². The predicted octanol–water partition coefficient (Wildman–Crippen LogP) is -2.44. The molecule has 6 rings (SSSR count). The van der Waals surface area contributed by atoms with Crippen LogP contribution >= 0.6 is 23.2 Å². The number of alkyl halides is 2. The van der Waals surface area contributed by atoms with Crippen molar-refractivity contribution in [1.29, 1.82) is 0 Å². The molecule has 3 aromatic heterocycles. The Morgan fingerprint density at radius 3 is 1.73 bits per heavy atom. The van der Waals surface area contributed by atoms with Crippen LogP contribution in [0.25, 0.3) is 0 Å². The second-order valence-electron chi connectivity index (χ2n) is 15.2. The minimum atomic E-state index is -5.27. The van der Waals surface area contributed by atoms with Crippen LogP contribution in [0.5, 0.6) is 0 Å². The summed E-state index contributed by atoms with van der Waals surface area (Å²) in [5.74, 6) is -3.11. The molecule has 0 saturated carbocycles. The smallest absolute Gasteiger partial charge is 0.369 e. The second kappa shape index (κ2) is 23.3.